The number of hydrogen-bond acceptors (Lipinski definition) is 7. The summed E-state index contributed by atoms with van der Waals surface area (Å²) in [4.78, 5) is 10.7. The second-order valence-electron chi connectivity index (χ2n) is 3.67. The van der Waals surface area contributed by atoms with Crippen molar-refractivity contribution in [1.82, 2.24) is 25.3 Å². The highest BCUT2D eigenvalue weighted by Gasteiger charge is 2.09. The molecule has 0 spiro atoms. The summed E-state index contributed by atoms with van der Waals surface area (Å²) in [5.41, 5.74) is 0.539. The molecule has 19 heavy (non-hydrogen) atoms. The predicted molar refractivity (Wildman–Crippen MR) is 61.6 cm³/mol. The number of carboxylic acid groups (broad SMARTS) is 1. The van der Waals surface area contributed by atoms with Gasteiger partial charge < -0.3 is 14.8 Å². The third-order valence-electron chi connectivity index (χ3n) is 2.39. The molecule has 0 bridgehead atoms. The number of carboxylic acids is 1. The van der Waals surface area contributed by atoms with Crippen molar-refractivity contribution in [3.05, 3.63) is 35.8 Å². The topological polar surface area (TPSA) is 118 Å². The minimum atomic E-state index is -1.10. The van der Waals surface area contributed by atoms with Gasteiger partial charge >= 0.3 is 5.97 Å². The van der Waals surface area contributed by atoms with Crippen LogP contribution in [-0.2, 0) is 6.54 Å². The van der Waals surface area contributed by atoms with E-state index >= 15 is 0 Å². The lowest BCUT2D eigenvalue weighted by Crippen LogP contribution is -2.04. The van der Waals surface area contributed by atoms with Gasteiger partial charge in [0.1, 0.15) is 11.6 Å². The van der Waals surface area contributed by atoms with E-state index in [0.717, 1.165) is 0 Å². The third-order valence-corrected chi connectivity index (χ3v) is 2.39. The summed E-state index contributed by atoms with van der Waals surface area (Å²) in [6.45, 7) is 0.313. The maximum absolute atomic E-state index is 10.7. The summed E-state index contributed by atoms with van der Waals surface area (Å²) < 4.78 is 6.39. The van der Waals surface area contributed by atoms with E-state index < -0.39 is 5.97 Å². The molecule has 0 radical (unpaired) electrons. The molecule has 0 aromatic carbocycles. The molecule has 0 amide bonds. The zero-order valence-corrected chi connectivity index (χ0v) is 9.52. The number of furan rings is 1. The molecule has 2 N–H and O–H groups in total. The molecule has 0 fully saturated rings. The smallest absolute Gasteiger partial charge is 0.371 e. The van der Waals surface area contributed by atoms with Crippen molar-refractivity contribution in [3.8, 4) is 0 Å². The van der Waals surface area contributed by atoms with Crippen LogP contribution in [0.25, 0.3) is 5.65 Å². The zero-order valence-electron chi connectivity index (χ0n) is 9.52. The van der Waals surface area contributed by atoms with Gasteiger partial charge in [0.2, 0.25) is 5.76 Å². The summed E-state index contributed by atoms with van der Waals surface area (Å²) in [6.07, 6.45) is 0. The van der Waals surface area contributed by atoms with Gasteiger partial charge in [0, 0.05) is 0 Å². The number of tetrazole rings is 1. The average molecular weight is 260 g/mol. The lowest BCUT2D eigenvalue weighted by molar-refractivity contribution is 0.0660. The van der Waals surface area contributed by atoms with Gasteiger partial charge in [0.15, 0.2) is 5.65 Å². The maximum atomic E-state index is 10.7. The molecular formula is C10H8N6O3. The largest absolute Gasteiger partial charge is 0.475 e. The number of carbonyl (C=O) groups is 1. The van der Waals surface area contributed by atoms with Crippen molar-refractivity contribution in [3.63, 3.8) is 0 Å². The molecule has 9 nitrogen and oxygen atoms in total. The zero-order chi connectivity index (χ0) is 13.2. The molecule has 9 heteroatoms. The fourth-order valence-corrected chi connectivity index (χ4v) is 1.51. The lowest BCUT2D eigenvalue weighted by Gasteiger charge is -2.02. The Balaban J connectivity index is 1.72. The SMILES string of the molecule is O=C(O)c1ccc(CNc2ccc3nnnn3n2)o1. The van der Waals surface area contributed by atoms with Crippen molar-refractivity contribution in [2.24, 2.45) is 0 Å². The quantitative estimate of drug-likeness (QED) is 0.692. The van der Waals surface area contributed by atoms with E-state index in [0.29, 0.717) is 23.8 Å². The molecule has 3 aromatic heterocycles. The molecule has 3 rings (SSSR count). The Hall–Kier alpha value is -2.97. The van der Waals surface area contributed by atoms with E-state index in [4.69, 9.17) is 9.52 Å². The highest BCUT2D eigenvalue weighted by molar-refractivity contribution is 5.84. The van der Waals surface area contributed by atoms with Crippen LogP contribution in [0.3, 0.4) is 0 Å². The first kappa shape index (κ1) is 11.1. The Bertz CT molecular complexity index is 734. The normalized spacial score (nSPS) is 10.7. The molecule has 3 aromatic rings. The van der Waals surface area contributed by atoms with Crippen LogP contribution >= 0.6 is 0 Å². The number of anilines is 1. The lowest BCUT2D eigenvalue weighted by atomic mass is 10.4. The number of hydrogen-bond donors (Lipinski definition) is 2. The minimum Gasteiger partial charge on any atom is -0.475 e. The van der Waals surface area contributed by atoms with Gasteiger partial charge in [-0.25, -0.2) is 4.79 Å². The van der Waals surface area contributed by atoms with Gasteiger partial charge in [0.25, 0.3) is 0 Å². The molecular weight excluding hydrogens is 252 g/mol. The van der Waals surface area contributed by atoms with E-state index in [1.807, 2.05) is 0 Å². The number of fused-ring (bicyclic) bond motifs is 1. The van der Waals surface area contributed by atoms with E-state index in [2.05, 4.69) is 25.9 Å². The molecule has 0 aliphatic carbocycles. The Morgan fingerprint density at radius 2 is 2.26 bits per heavy atom. The number of rotatable bonds is 4. The first-order chi connectivity index (χ1) is 9.22. The first-order valence-corrected chi connectivity index (χ1v) is 5.34. The van der Waals surface area contributed by atoms with Crippen LogP contribution in [-0.4, -0.2) is 36.3 Å². The predicted octanol–water partition coefficient (Wildman–Crippen LogP) is 0.423. The van der Waals surface area contributed by atoms with Crippen molar-refractivity contribution in [2.75, 3.05) is 5.32 Å². The standard InChI is InChI=1S/C10H8N6O3/c17-10(18)7-2-1-6(19-7)5-11-8-3-4-9-12-14-15-16(9)13-8/h1-4H,5H2,(H,11,13)(H,17,18). The van der Waals surface area contributed by atoms with Crippen molar-refractivity contribution in [1.29, 1.82) is 0 Å². The molecule has 0 unspecified atom stereocenters. The Morgan fingerprint density at radius 3 is 3.05 bits per heavy atom. The monoisotopic (exact) mass is 260 g/mol. The molecule has 3 heterocycles. The molecule has 0 aliphatic heterocycles. The third kappa shape index (κ3) is 2.20. The van der Waals surface area contributed by atoms with Gasteiger partial charge in [-0.05, 0) is 34.7 Å². The van der Waals surface area contributed by atoms with Gasteiger partial charge in [-0.1, -0.05) is 0 Å². The summed E-state index contributed by atoms with van der Waals surface area (Å²) in [5.74, 6) is -0.149. The van der Waals surface area contributed by atoms with Crippen molar-refractivity contribution in [2.45, 2.75) is 6.54 Å². The number of aromatic nitrogens is 5. The molecule has 96 valence electrons. The van der Waals surface area contributed by atoms with Crippen molar-refractivity contribution < 1.29 is 14.3 Å². The molecule has 0 atom stereocenters. The van der Waals surface area contributed by atoms with Crippen LogP contribution in [0.4, 0.5) is 5.82 Å². The summed E-state index contributed by atoms with van der Waals surface area (Å²) in [6, 6.07) is 6.41. The van der Waals surface area contributed by atoms with E-state index in [-0.39, 0.29) is 5.76 Å². The van der Waals surface area contributed by atoms with Crippen molar-refractivity contribution >= 4 is 17.4 Å². The van der Waals surface area contributed by atoms with Crippen LogP contribution in [0.5, 0.6) is 0 Å². The highest BCUT2D eigenvalue weighted by atomic mass is 16.4. The van der Waals surface area contributed by atoms with Gasteiger partial charge in [-0.15, -0.1) is 14.8 Å². The number of nitrogens with zero attached hydrogens (tertiary/aromatic N) is 5. The van der Waals surface area contributed by atoms with Crippen LogP contribution < -0.4 is 5.32 Å². The fraction of sp³-hybridized carbons (Fsp3) is 0.100. The highest BCUT2D eigenvalue weighted by Crippen LogP contribution is 2.10. The van der Waals surface area contributed by atoms with Gasteiger partial charge in [0.05, 0.1) is 6.54 Å². The second-order valence-corrected chi connectivity index (χ2v) is 3.67. The van der Waals surface area contributed by atoms with Gasteiger partial charge in [-0.3, -0.25) is 0 Å². The van der Waals surface area contributed by atoms with Crippen LogP contribution in [0, 0.1) is 0 Å². The summed E-state index contributed by atoms with van der Waals surface area (Å²) >= 11 is 0. The van der Waals surface area contributed by atoms with Crippen LogP contribution in [0.15, 0.2) is 28.7 Å². The van der Waals surface area contributed by atoms with Gasteiger partial charge in [-0.2, -0.15) is 0 Å². The molecule has 0 saturated heterocycles. The van der Waals surface area contributed by atoms with E-state index in [9.17, 15) is 4.79 Å². The molecule has 0 saturated carbocycles. The van der Waals surface area contributed by atoms with Crippen LogP contribution in [0.2, 0.25) is 0 Å². The number of nitrogens with one attached hydrogen (secondary N) is 1. The fourth-order valence-electron chi connectivity index (χ4n) is 1.51. The number of aromatic carboxylic acids is 1. The van der Waals surface area contributed by atoms with E-state index in [1.165, 1.54) is 10.7 Å². The summed E-state index contributed by atoms with van der Waals surface area (Å²) in [7, 11) is 0. The summed E-state index contributed by atoms with van der Waals surface area (Å²) in [5, 5.41) is 26.7. The minimum absolute atomic E-state index is 0.0966. The molecule has 0 aliphatic rings. The maximum Gasteiger partial charge on any atom is 0.371 e. The Morgan fingerprint density at radius 1 is 1.37 bits per heavy atom. The second kappa shape index (κ2) is 4.37. The Labute approximate surface area is 105 Å². The van der Waals surface area contributed by atoms with E-state index in [1.54, 1.807) is 18.2 Å². The Kier molecular flexibility index (Phi) is 2.56. The first-order valence-electron chi connectivity index (χ1n) is 5.34. The average Bonchev–Trinajstić information content (AvgIpc) is 3.04. The van der Waals surface area contributed by atoms with Crippen LogP contribution in [0.1, 0.15) is 16.3 Å².